The highest BCUT2D eigenvalue weighted by Gasteiger charge is 2.28. The first-order valence-electron chi connectivity index (χ1n) is 10.4. The second-order valence-electron chi connectivity index (χ2n) is 7.53. The number of halogens is 3. The molecule has 0 saturated heterocycles. The lowest BCUT2D eigenvalue weighted by Gasteiger charge is -2.18. The predicted molar refractivity (Wildman–Crippen MR) is 119 cm³/mol. The van der Waals surface area contributed by atoms with Crippen LogP contribution in [0.5, 0.6) is 5.88 Å². The lowest BCUT2D eigenvalue weighted by atomic mass is 9.97. The minimum Gasteiger partial charge on any atom is -0.478 e. The molecule has 0 aromatic carbocycles. The summed E-state index contributed by atoms with van der Waals surface area (Å²) < 4.78 is 45.8. The fourth-order valence-corrected chi connectivity index (χ4v) is 3.45. The maximum atomic E-state index is 12.9. The molecule has 10 nitrogen and oxygen atoms in total. The lowest BCUT2D eigenvalue weighted by Crippen LogP contribution is -2.22. The van der Waals surface area contributed by atoms with Crippen molar-refractivity contribution in [1.82, 2.24) is 34.7 Å². The van der Waals surface area contributed by atoms with Crippen LogP contribution in [0.25, 0.3) is 22.3 Å². The van der Waals surface area contributed by atoms with Crippen molar-refractivity contribution in [3.63, 3.8) is 0 Å². The molecule has 0 amide bonds. The van der Waals surface area contributed by atoms with E-state index in [9.17, 15) is 13.2 Å². The Morgan fingerprint density at radius 2 is 2.00 bits per heavy atom. The fraction of sp³-hybridized carbons (Fsp3) is 0.333. The maximum absolute atomic E-state index is 12.9. The summed E-state index contributed by atoms with van der Waals surface area (Å²) in [5.74, 6) is 0.0280. The standard InChI is InChI=1S/C21H22F3N9O/c1-3-34-16-5-4-13(7-27-16)15-6-14(12(2)8-33-11-26-10-29-33)17-18(30-15)19(32-20(25)31-17)28-9-21(22,23)24/h4-7,10-12H,3,8-9H2,1-2H3,(H3,25,28,31,32)/t12-/m0/s1. The molecule has 178 valence electrons. The molecule has 4 rings (SSSR count). The number of nitrogens with one attached hydrogen (secondary N) is 1. The van der Waals surface area contributed by atoms with Gasteiger partial charge in [-0.25, -0.2) is 19.9 Å². The molecule has 0 fully saturated rings. The number of ether oxygens (including phenoxy) is 1. The van der Waals surface area contributed by atoms with Gasteiger partial charge in [0.05, 0.1) is 12.3 Å². The minimum atomic E-state index is -4.45. The summed E-state index contributed by atoms with van der Waals surface area (Å²) in [5.41, 5.74) is 8.23. The van der Waals surface area contributed by atoms with Gasteiger partial charge in [-0.1, -0.05) is 6.92 Å². The number of hydrogen-bond acceptors (Lipinski definition) is 9. The zero-order valence-corrected chi connectivity index (χ0v) is 18.4. The number of pyridine rings is 2. The van der Waals surface area contributed by atoms with E-state index in [0.717, 1.165) is 0 Å². The van der Waals surface area contributed by atoms with Crippen LogP contribution in [0.3, 0.4) is 0 Å². The van der Waals surface area contributed by atoms with Gasteiger partial charge in [0.1, 0.15) is 30.2 Å². The Morgan fingerprint density at radius 3 is 2.65 bits per heavy atom. The van der Waals surface area contributed by atoms with Gasteiger partial charge >= 0.3 is 6.18 Å². The monoisotopic (exact) mass is 473 g/mol. The third-order valence-electron chi connectivity index (χ3n) is 4.94. The normalized spacial score (nSPS) is 12.6. The van der Waals surface area contributed by atoms with Gasteiger partial charge in [-0.05, 0) is 24.6 Å². The van der Waals surface area contributed by atoms with Crippen molar-refractivity contribution in [2.24, 2.45) is 0 Å². The summed E-state index contributed by atoms with van der Waals surface area (Å²) in [6.45, 7) is 3.42. The first-order chi connectivity index (χ1) is 16.2. The molecule has 0 aliphatic rings. The van der Waals surface area contributed by atoms with Crippen LogP contribution in [0.1, 0.15) is 25.3 Å². The topological polar surface area (TPSA) is 130 Å². The van der Waals surface area contributed by atoms with Crippen LogP contribution in [-0.4, -0.2) is 54.0 Å². The van der Waals surface area contributed by atoms with Crippen LogP contribution in [0.2, 0.25) is 0 Å². The van der Waals surface area contributed by atoms with Crippen LogP contribution in [0.15, 0.2) is 37.1 Å². The molecule has 0 unspecified atom stereocenters. The van der Waals surface area contributed by atoms with Gasteiger partial charge in [0, 0.05) is 30.3 Å². The summed E-state index contributed by atoms with van der Waals surface area (Å²) in [6.07, 6.45) is 0.141. The number of alkyl halides is 3. The molecule has 3 N–H and O–H groups in total. The van der Waals surface area contributed by atoms with E-state index >= 15 is 0 Å². The Kier molecular flexibility index (Phi) is 6.43. The van der Waals surface area contributed by atoms with E-state index < -0.39 is 12.7 Å². The zero-order valence-electron chi connectivity index (χ0n) is 18.4. The number of anilines is 2. The first-order valence-corrected chi connectivity index (χ1v) is 10.4. The van der Waals surface area contributed by atoms with Crippen LogP contribution in [0.4, 0.5) is 24.9 Å². The third kappa shape index (κ3) is 5.30. The number of nitrogens with zero attached hydrogens (tertiary/aromatic N) is 7. The predicted octanol–water partition coefficient (Wildman–Crippen LogP) is 3.44. The summed E-state index contributed by atoms with van der Waals surface area (Å²) in [5, 5.41) is 6.44. The molecule has 4 aromatic rings. The quantitative estimate of drug-likeness (QED) is 0.395. The van der Waals surface area contributed by atoms with E-state index in [1.165, 1.54) is 6.33 Å². The molecule has 4 aromatic heterocycles. The number of hydrogen-bond donors (Lipinski definition) is 2. The highest BCUT2D eigenvalue weighted by atomic mass is 19.4. The van der Waals surface area contributed by atoms with E-state index in [1.54, 1.807) is 29.3 Å². The Labute approximate surface area is 192 Å². The van der Waals surface area contributed by atoms with Crippen molar-refractivity contribution >= 4 is 22.8 Å². The molecule has 0 saturated carbocycles. The van der Waals surface area contributed by atoms with E-state index in [2.05, 4.69) is 35.3 Å². The van der Waals surface area contributed by atoms with Gasteiger partial charge in [0.2, 0.25) is 11.8 Å². The zero-order chi connectivity index (χ0) is 24.3. The van der Waals surface area contributed by atoms with Gasteiger partial charge in [0.15, 0.2) is 5.82 Å². The second-order valence-corrected chi connectivity index (χ2v) is 7.53. The number of fused-ring (bicyclic) bond motifs is 1. The molecular weight excluding hydrogens is 451 g/mol. The van der Waals surface area contributed by atoms with Gasteiger partial charge in [-0.2, -0.15) is 23.3 Å². The first kappa shape index (κ1) is 23.1. The lowest BCUT2D eigenvalue weighted by molar-refractivity contribution is -0.115. The molecule has 0 radical (unpaired) electrons. The van der Waals surface area contributed by atoms with Crippen LogP contribution < -0.4 is 15.8 Å². The van der Waals surface area contributed by atoms with Crippen LogP contribution in [0, 0.1) is 0 Å². The van der Waals surface area contributed by atoms with Crippen molar-refractivity contribution in [2.45, 2.75) is 32.5 Å². The Morgan fingerprint density at radius 1 is 1.18 bits per heavy atom. The van der Waals surface area contributed by atoms with Crippen LogP contribution >= 0.6 is 0 Å². The highest BCUT2D eigenvalue weighted by molar-refractivity contribution is 5.91. The summed E-state index contributed by atoms with van der Waals surface area (Å²) >= 11 is 0. The maximum Gasteiger partial charge on any atom is 0.405 e. The molecule has 1 atom stereocenters. The van der Waals surface area contributed by atoms with Crippen molar-refractivity contribution < 1.29 is 17.9 Å². The van der Waals surface area contributed by atoms with Crippen molar-refractivity contribution in [3.05, 3.63) is 42.6 Å². The van der Waals surface area contributed by atoms with Gasteiger partial charge in [-0.15, -0.1) is 0 Å². The molecule has 13 heteroatoms. The van der Waals surface area contributed by atoms with Crippen molar-refractivity contribution in [1.29, 1.82) is 0 Å². The summed E-state index contributed by atoms with van der Waals surface area (Å²) in [7, 11) is 0. The molecule has 0 bridgehead atoms. The summed E-state index contributed by atoms with van der Waals surface area (Å²) in [4.78, 5) is 21.1. The minimum absolute atomic E-state index is 0.102. The molecule has 34 heavy (non-hydrogen) atoms. The molecule has 0 aliphatic carbocycles. The Hall–Kier alpha value is -4.03. The van der Waals surface area contributed by atoms with Crippen LogP contribution in [-0.2, 0) is 6.54 Å². The van der Waals surface area contributed by atoms with Gasteiger partial charge in [0.25, 0.3) is 0 Å². The van der Waals surface area contributed by atoms with Gasteiger partial charge in [-0.3, -0.25) is 4.68 Å². The van der Waals surface area contributed by atoms with E-state index in [0.29, 0.717) is 41.4 Å². The SMILES string of the molecule is CCOc1ccc(-c2cc([C@@H](C)Cn3cncn3)c3nc(N)nc(NCC(F)(F)F)c3n2)cn1. The van der Waals surface area contributed by atoms with Crippen molar-refractivity contribution in [2.75, 3.05) is 24.2 Å². The Bertz CT molecular complexity index is 1260. The smallest absolute Gasteiger partial charge is 0.405 e. The molecular formula is C21H22F3N9O. The molecule has 0 spiro atoms. The van der Waals surface area contributed by atoms with E-state index in [4.69, 9.17) is 10.5 Å². The number of rotatable bonds is 8. The molecule has 4 heterocycles. The average molecular weight is 473 g/mol. The fourth-order valence-electron chi connectivity index (χ4n) is 3.45. The van der Waals surface area contributed by atoms with E-state index in [1.807, 2.05) is 19.9 Å². The molecule has 0 aliphatic heterocycles. The largest absolute Gasteiger partial charge is 0.478 e. The number of nitrogens with two attached hydrogens (primary N) is 1. The summed E-state index contributed by atoms with van der Waals surface area (Å²) in [6, 6.07) is 5.30. The van der Waals surface area contributed by atoms with E-state index in [-0.39, 0.29) is 23.2 Å². The highest BCUT2D eigenvalue weighted by Crippen LogP contribution is 2.33. The van der Waals surface area contributed by atoms with Gasteiger partial charge < -0.3 is 15.8 Å². The second kappa shape index (κ2) is 9.45. The van der Waals surface area contributed by atoms with Crippen molar-refractivity contribution in [3.8, 4) is 17.1 Å². The number of aromatic nitrogens is 7. The third-order valence-corrected chi connectivity index (χ3v) is 4.94. The average Bonchev–Trinajstić information content (AvgIpc) is 3.30. The Balaban J connectivity index is 1.85. The number of nitrogen functional groups attached to an aromatic ring is 1.